The smallest absolute Gasteiger partial charge is 0.137 e. The molecule has 19 heavy (non-hydrogen) atoms. The lowest BCUT2D eigenvalue weighted by molar-refractivity contribution is 0.263. The minimum Gasteiger partial charge on any atom is -0.367 e. The van der Waals surface area contributed by atoms with Gasteiger partial charge in [-0.05, 0) is 52.7 Å². The van der Waals surface area contributed by atoms with E-state index in [0.717, 1.165) is 43.1 Å². The molecule has 0 spiro atoms. The van der Waals surface area contributed by atoms with Crippen molar-refractivity contribution in [2.75, 3.05) is 25.5 Å². The maximum Gasteiger partial charge on any atom is 0.137 e. The Kier molecular flexibility index (Phi) is 3.63. The van der Waals surface area contributed by atoms with Crippen LogP contribution in [-0.2, 0) is 0 Å². The molecule has 0 atom stereocenters. The normalized spacial score (nSPS) is 21.6. The number of piperidine rings is 1. The highest BCUT2D eigenvalue weighted by Gasteiger charge is 2.28. The lowest BCUT2D eigenvalue weighted by Crippen LogP contribution is -2.37. The van der Waals surface area contributed by atoms with Crippen molar-refractivity contribution in [1.29, 1.82) is 0 Å². The molecule has 1 aliphatic carbocycles. The van der Waals surface area contributed by atoms with Gasteiger partial charge in [-0.2, -0.15) is 0 Å². The van der Waals surface area contributed by atoms with Gasteiger partial charge in [0.2, 0.25) is 0 Å². The maximum atomic E-state index is 6.23. The molecular weight excluding hydrogens is 260 g/mol. The summed E-state index contributed by atoms with van der Waals surface area (Å²) in [5.41, 5.74) is 0.977. The lowest BCUT2D eigenvalue weighted by Gasteiger charge is -2.30. The first-order valence-electron chi connectivity index (χ1n) is 7.12. The number of nitrogens with one attached hydrogen (secondary N) is 1. The fourth-order valence-electron chi connectivity index (χ4n) is 2.52. The predicted molar refractivity (Wildman–Crippen MR) is 77.9 cm³/mol. The van der Waals surface area contributed by atoms with Crippen LogP contribution in [0.1, 0.15) is 43.0 Å². The molecule has 1 N–H and O–H groups in total. The number of likely N-dealkylation sites (tertiary alicyclic amines) is 1. The van der Waals surface area contributed by atoms with Crippen molar-refractivity contribution in [2.24, 2.45) is 0 Å². The van der Waals surface area contributed by atoms with Gasteiger partial charge in [-0.15, -0.1) is 0 Å². The Morgan fingerprint density at radius 2 is 1.84 bits per heavy atom. The van der Waals surface area contributed by atoms with Crippen LogP contribution in [0.25, 0.3) is 0 Å². The van der Waals surface area contributed by atoms with Crippen molar-refractivity contribution in [3.8, 4) is 0 Å². The molecule has 1 aromatic rings. The summed E-state index contributed by atoms with van der Waals surface area (Å²) < 4.78 is 0. The zero-order valence-corrected chi connectivity index (χ0v) is 12.4. The molecule has 5 heteroatoms. The number of halogens is 1. The Morgan fingerprint density at radius 3 is 2.47 bits per heavy atom. The van der Waals surface area contributed by atoms with E-state index in [0.29, 0.717) is 17.1 Å². The molecule has 0 radical (unpaired) electrons. The molecule has 1 saturated heterocycles. The highest BCUT2D eigenvalue weighted by Crippen LogP contribution is 2.39. The van der Waals surface area contributed by atoms with Crippen LogP contribution in [0, 0.1) is 6.92 Å². The number of rotatable bonds is 3. The van der Waals surface area contributed by atoms with Gasteiger partial charge in [-0.25, -0.2) is 9.97 Å². The predicted octanol–water partition coefficient (Wildman–Crippen LogP) is 2.82. The number of aromatic nitrogens is 2. The van der Waals surface area contributed by atoms with Crippen LogP contribution < -0.4 is 5.32 Å². The van der Waals surface area contributed by atoms with Crippen molar-refractivity contribution in [1.82, 2.24) is 14.9 Å². The van der Waals surface area contributed by atoms with Gasteiger partial charge in [0.15, 0.2) is 0 Å². The largest absolute Gasteiger partial charge is 0.367 e. The Labute approximate surface area is 119 Å². The standard InChI is InChI=1S/C14H21ClN4/c1-9-12(15)17-14(10-3-4-10)18-13(9)16-11-5-7-19(2)8-6-11/h10-11H,3-8H2,1-2H3,(H,16,17,18). The van der Waals surface area contributed by atoms with Crippen LogP contribution in [0.3, 0.4) is 0 Å². The molecule has 2 aliphatic rings. The third kappa shape index (κ3) is 3.00. The first kappa shape index (κ1) is 13.1. The minimum absolute atomic E-state index is 0.507. The first-order valence-corrected chi connectivity index (χ1v) is 7.50. The summed E-state index contributed by atoms with van der Waals surface area (Å²) in [5.74, 6) is 2.40. The Bertz CT molecular complexity index is 465. The quantitative estimate of drug-likeness (QED) is 0.865. The summed E-state index contributed by atoms with van der Waals surface area (Å²) in [4.78, 5) is 11.5. The van der Waals surface area contributed by atoms with Crippen molar-refractivity contribution in [2.45, 2.75) is 44.6 Å². The van der Waals surface area contributed by atoms with Crippen molar-refractivity contribution in [3.05, 3.63) is 16.5 Å². The molecule has 0 bridgehead atoms. The van der Waals surface area contributed by atoms with Crippen LogP contribution in [0.15, 0.2) is 0 Å². The van der Waals surface area contributed by atoms with Crippen molar-refractivity contribution in [3.63, 3.8) is 0 Å². The monoisotopic (exact) mass is 280 g/mol. The summed E-state index contributed by atoms with van der Waals surface area (Å²) in [6.45, 7) is 4.28. The van der Waals surface area contributed by atoms with Gasteiger partial charge in [0.1, 0.15) is 16.8 Å². The highest BCUT2D eigenvalue weighted by atomic mass is 35.5. The van der Waals surface area contributed by atoms with E-state index in [1.807, 2.05) is 6.92 Å². The number of nitrogens with zero attached hydrogens (tertiary/aromatic N) is 3. The van der Waals surface area contributed by atoms with E-state index in [4.69, 9.17) is 11.6 Å². The Morgan fingerprint density at radius 1 is 1.16 bits per heavy atom. The Balaban J connectivity index is 1.75. The summed E-state index contributed by atoms with van der Waals surface area (Å²) in [7, 11) is 2.17. The first-order chi connectivity index (χ1) is 9.13. The molecule has 104 valence electrons. The van der Waals surface area contributed by atoms with E-state index in [2.05, 4.69) is 27.2 Å². The van der Waals surface area contributed by atoms with E-state index >= 15 is 0 Å². The summed E-state index contributed by atoms with van der Waals surface area (Å²) >= 11 is 6.23. The van der Waals surface area contributed by atoms with Gasteiger partial charge in [-0.1, -0.05) is 11.6 Å². The molecule has 1 aliphatic heterocycles. The van der Waals surface area contributed by atoms with Gasteiger partial charge in [-0.3, -0.25) is 0 Å². The number of hydrogen-bond donors (Lipinski definition) is 1. The van der Waals surface area contributed by atoms with Gasteiger partial charge in [0, 0.05) is 17.5 Å². The molecule has 0 unspecified atom stereocenters. The SMILES string of the molecule is Cc1c(Cl)nc(C2CC2)nc1NC1CCN(C)CC1. The number of hydrogen-bond acceptors (Lipinski definition) is 4. The average Bonchev–Trinajstić information content (AvgIpc) is 3.21. The second kappa shape index (κ2) is 5.25. The molecule has 3 rings (SSSR count). The van der Waals surface area contributed by atoms with Gasteiger partial charge < -0.3 is 10.2 Å². The molecular formula is C14H21ClN4. The van der Waals surface area contributed by atoms with E-state index in [9.17, 15) is 0 Å². The summed E-state index contributed by atoms with van der Waals surface area (Å²) in [6.07, 6.45) is 4.73. The number of anilines is 1. The van der Waals surface area contributed by atoms with E-state index in [-0.39, 0.29) is 0 Å². The third-order valence-corrected chi connectivity index (χ3v) is 4.47. The van der Waals surface area contributed by atoms with Crippen molar-refractivity contribution >= 4 is 17.4 Å². The fourth-order valence-corrected chi connectivity index (χ4v) is 2.69. The topological polar surface area (TPSA) is 41.1 Å². The average molecular weight is 281 g/mol. The van der Waals surface area contributed by atoms with Crippen molar-refractivity contribution < 1.29 is 0 Å². The summed E-state index contributed by atoms with van der Waals surface area (Å²) in [6, 6.07) is 0.507. The zero-order chi connectivity index (χ0) is 13.4. The third-order valence-electron chi connectivity index (χ3n) is 4.11. The molecule has 0 aromatic carbocycles. The molecule has 2 heterocycles. The second-order valence-corrected chi connectivity index (χ2v) is 6.20. The molecule has 0 amide bonds. The lowest BCUT2D eigenvalue weighted by atomic mass is 10.1. The molecule has 1 aromatic heterocycles. The maximum absolute atomic E-state index is 6.23. The minimum atomic E-state index is 0.507. The van der Waals surface area contributed by atoms with Gasteiger partial charge in [0.05, 0.1) is 0 Å². The van der Waals surface area contributed by atoms with Crippen LogP contribution in [0.2, 0.25) is 5.15 Å². The molecule has 1 saturated carbocycles. The van der Waals surface area contributed by atoms with Crippen LogP contribution in [0.5, 0.6) is 0 Å². The fraction of sp³-hybridized carbons (Fsp3) is 0.714. The van der Waals surface area contributed by atoms with E-state index < -0.39 is 0 Å². The van der Waals surface area contributed by atoms with Crippen LogP contribution in [0.4, 0.5) is 5.82 Å². The molecule has 2 fully saturated rings. The van der Waals surface area contributed by atoms with Gasteiger partial charge >= 0.3 is 0 Å². The zero-order valence-electron chi connectivity index (χ0n) is 11.6. The van der Waals surface area contributed by atoms with Crippen LogP contribution in [-0.4, -0.2) is 41.0 Å². The summed E-state index contributed by atoms with van der Waals surface area (Å²) in [5, 5.41) is 4.18. The van der Waals surface area contributed by atoms with E-state index in [1.54, 1.807) is 0 Å². The van der Waals surface area contributed by atoms with E-state index in [1.165, 1.54) is 12.8 Å². The van der Waals surface area contributed by atoms with Crippen LogP contribution >= 0.6 is 11.6 Å². The highest BCUT2D eigenvalue weighted by molar-refractivity contribution is 6.30. The Hall–Kier alpha value is -0.870. The molecule has 4 nitrogen and oxygen atoms in total. The second-order valence-electron chi connectivity index (χ2n) is 5.84. The van der Waals surface area contributed by atoms with Gasteiger partial charge in [0.25, 0.3) is 0 Å².